The van der Waals surface area contributed by atoms with Gasteiger partial charge in [-0.3, -0.25) is 9.88 Å². The third kappa shape index (κ3) is 2.90. The van der Waals surface area contributed by atoms with Crippen molar-refractivity contribution in [1.29, 1.82) is 0 Å². The van der Waals surface area contributed by atoms with Gasteiger partial charge in [0.25, 0.3) is 0 Å². The minimum atomic E-state index is 0.789. The number of aromatic nitrogens is 1. The summed E-state index contributed by atoms with van der Waals surface area (Å²) in [6, 6.07) is 8.10. The van der Waals surface area contributed by atoms with Gasteiger partial charge in [0.2, 0.25) is 0 Å². The number of hydrogen-bond donors (Lipinski definition) is 0. The number of nitrogens with zero attached hydrogens (tertiary/aromatic N) is 2. The van der Waals surface area contributed by atoms with E-state index in [4.69, 9.17) is 11.6 Å². The third-order valence-corrected chi connectivity index (χ3v) is 4.18. The maximum absolute atomic E-state index is 6.24. The summed E-state index contributed by atoms with van der Waals surface area (Å²) >= 11 is 6.24. The molecule has 19 heavy (non-hydrogen) atoms. The predicted octanol–water partition coefficient (Wildman–Crippen LogP) is 4.12. The first-order valence-electron chi connectivity index (χ1n) is 7.02. The molecule has 100 valence electrons. The molecule has 1 heterocycles. The largest absolute Gasteiger partial charge is 0.299 e. The number of fused-ring (bicyclic) bond motifs is 1. The minimum Gasteiger partial charge on any atom is -0.299 e. The molecule has 2 aromatic rings. The van der Waals surface area contributed by atoms with Crippen molar-refractivity contribution in [2.24, 2.45) is 5.92 Å². The van der Waals surface area contributed by atoms with E-state index in [1.54, 1.807) is 0 Å². The first-order chi connectivity index (χ1) is 9.28. The lowest BCUT2D eigenvalue weighted by Gasteiger charge is -2.21. The molecule has 0 N–H and O–H groups in total. The first-order valence-corrected chi connectivity index (χ1v) is 7.40. The highest BCUT2D eigenvalue weighted by atomic mass is 35.5. The normalized spacial score (nSPS) is 15.3. The highest BCUT2D eigenvalue weighted by molar-refractivity contribution is 6.35. The van der Waals surface area contributed by atoms with Crippen molar-refractivity contribution < 1.29 is 0 Å². The van der Waals surface area contributed by atoms with Gasteiger partial charge in [0, 0.05) is 29.7 Å². The number of halogens is 1. The lowest BCUT2D eigenvalue weighted by atomic mass is 10.1. The van der Waals surface area contributed by atoms with Crippen LogP contribution in [0.25, 0.3) is 10.9 Å². The van der Waals surface area contributed by atoms with E-state index in [1.165, 1.54) is 24.9 Å². The summed E-state index contributed by atoms with van der Waals surface area (Å²) in [5.41, 5.74) is 2.33. The molecule has 0 amide bonds. The molecule has 2 nitrogen and oxygen atoms in total. The number of benzene rings is 1. The predicted molar refractivity (Wildman–Crippen MR) is 80.4 cm³/mol. The van der Waals surface area contributed by atoms with Crippen molar-refractivity contribution in [1.82, 2.24) is 9.88 Å². The summed E-state index contributed by atoms with van der Waals surface area (Å²) in [5, 5.41) is 1.85. The van der Waals surface area contributed by atoms with Crippen LogP contribution in [0.2, 0.25) is 5.02 Å². The molecule has 1 fully saturated rings. The van der Waals surface area contributed by atoms with Gasteiger partial charge in [0.05, 0.1) is 5.52 Å². The molecular formula is C16H19ClN2. The summed E-state index contributed by atoms with van der Waals surface area (Å²) in [6.07, 6.45) is 4.64. The van der Waals surface area contributed by atoms with Gasteiger partial charge < -0.3 is 0 Å². The van der Waals surface area contributed by atoms with E-state index in [-0.39, 0.29) is 0 Å². The van der Waals surface area contributed by atoms with Crippen molar-refractivity contribution in [3.8, 4) is 0 Å². The Kier molecular flexibility index (Phi) is 3.72. The average Bonchev–Trinajstić information content (AvgIpc) is 3.25. The molecule has 1 saturated carbocycles. The fraction of sp³-hybridized carbons (Fsp3) is 0.438. The van der Waals surface area contributed by atoms with E-state index in [2.05, 4.69) is 22.9 Å². The average molecular weight is 275 g/mol. The maximum Gasteiger partial charge on any atom is 0.0761 e. The first kappa shape index (κ1) is 12.9. The number of pyridine rings is 1. The minimum absolute atomic E-state index is 0.789. The molecule has 0 aliphatic heterocycles. The van der Waals surface area contributed by atoms with Crippen LogP contribution in [0.15, 0.2) is 30.5 Å². The van der Waals surface area contributed by atoms with E-state index in [1.807, 2.05) is 24.4 Å². The lowest BCUT2D eigenvalue weighted by molar-refractivity contribution is 0.269. The topological polar surface area (TPSA) is 16.1 Å². The highest BCUT2D eigenvalue weighted by Crippen LogP contribution is 2.31. The van der Waals surface area contributed by atoms with Crippen molar-refractivity contribution in [3.05, 3.63) is 41.0 Å². The molecule has 1 aromatic heterocycles. The molecule has 0 bridgehead atoms. The summed E-state index contributed by atoms with van der Waals surface area (Å²) in [6.45, 7) is 5.51. The van der Waals surface area contributed by atoms with E-state index in [0.717, 1.165) is 34.9 Å². The fourth-order valence-electron chi connectivity index (χ4n) is 2.54. The van der Waals surface area contributed by atoms with Crippen LogP contribution >= 0.6 is 11.6 Å². The second-order valence-electron chi connectivity index (χ2n) is 5.38. The van der Waals surface area contributed by atoms with Crippen molar-refractivity contribution >= 4 is 22.5 Å². The molecule has 1 aliphatic carbocycles. The van der Waals surface area contributed by atoms with Gasteiger partial charge in [-0.2, -0.15) is 0 Å². The summed E-state index contributed by atoms with van der Waals surface area (Å²) < 4.78 is 0. The van der Waals surface area contributed by atoms with Crippen LogP contribution in [0.4, 0.5) is 0 Å². The second-order valence-corrected chi connectivity index (χ2v) is 5.78. The van der Waals surface area contributed by atoms with Gasteiger partial charge in [0.15, 0.2) is 0 Å². The molecule has 3 rings (SSSR count). The quantitative estimate of drug-likeness (QED) is 0.815. The van der Waals surface area contributed by atoms with Gasteiger partial charge in [-0.05, 0) is 49.1 Å². The monoisotopic (exact) mass is 274 g/mol. The molecule has 0 spiro atoms. The zero-order chi connectivity index (χ0) is 13.2. The molecular weight excluding hydrogens is 256 g/mol. The van der Waals surface area contributed by atoms with E-state index >= 15 is 0 Å². The summed E-state index contributed by atoms with van der Waals surface area (Å²) in [7, 11) is 0. The zero-order valence-corrected chi connectivity index (χ0v) is 12.0. The van der Waals surface area contributed by atoms with E-state index in [9.17, 15) is 0 Å². The maximum atomic E-state index is 6.24. The Morgan fingerprint density at radius 2 is 2.16 bits per heavy atom. The Morgan fingerprint density at radius 3 is 2.89 bits per heavy atom. The Bertz CT molecular complexity index is 578. The summed E-state index contributed by atoms with van der Waals surface area (Å²) in [5.74, 6) is 0.923. The van der Waals surface area contributed by atoms with Gasteiger partial charge >= 0.3 is 0 Å². The van der Waals surface area contributed by atoms with Crippen LogP contribution < -0.4 is 0 Å². The van der Waals surface area contributed by atoms with Crippen molar-refractivity contribution in [2.75, 3.05) is 13.1 Å². The van der Waals surface area contributed by atoms with Crippen LogP contribution in [0.3, 0.4) is 0 Å². The van der Waals surface area contributed by atoms with E-state index < -0.39 is 0 Å². The zero-order valence-electron chi connectivity index (χ0n) is 11.3. The fourth-order valence-corrected chi connectivity index (χ4v) is 2.75. The van der Waals surface area contributed by atoms with Crippen LogP contribution in [-0.4, -0.2) is 23.0 Å². The molecule has 1 aliphatic rings. The molecule has 0 radical (unpaired) electrons. The Morgan fingerprint density at radius 1 is 1.32 bits per heavy atom. The van der Waals surface area contributed by atoms with Crippen LogP contribution in [0.5, 0.6) is 0 Å². The number of hydrogen-bond acceptors (Lipinski definition) is 2. The van der Waals surface area contributed by atoms with Gasteiger partial charge in [-0.1, -0.05) is 24.6 Å². The van der Waals surface area contributed by atoms with Gasteiger partial charge in [-0.25, -0.2) is 0 Å². The highest BCUT2D eigenvalue weighted by Gasteiger charge is 2.23. The van der Waals surface area contributed by atoms with Crippen molar-refractivity contribution in [3.63, 3.8) is 0 Å². The third-order valence-electron chi connectivity index (χ3n) is 3.85. The van der Waals surface area contributed by atoms with Crippen LogP contribution in [-0.2, 0) is 6.54 Å². The Labute approximate surface area is 119 Å². The van der Waals surface area contributed by atoms with Gasteiger partial charge in [0.1, 0.15) is 0 Å². The molecule has 1 aromatic carbocycles. The second kappa shape index (κ2) is 5.48. The van der Waals surface area contributed by atoms with Crippen molar-refractivity contribution in [2.45, 2.75) is 26.3 Å². The molecule has 3 heteroatoms. The SMILES string of the molecule is CCN(Cc1ccc(Cl)c2cccnc12)CC1CC1. The Hall–Kier alpha value is -1.12. The summed E-state index contributed by atoms with van der Waals surface area (Å²) in [4.78, 5) is 7.02. The molecule has 0 atom stereocenters. The standard InChI is InChI=1S/C16H19ClN2/c1-2-19(10-12-5-6-12)11-13-7-8-15(17)14-4-3-9-18-16(13)14/h3-4,7-9,12H,2,5-6,10-11H2,1H3. The van der Waals surface area contributed by atoms with E-state index in [0.29, 0.717) is 0 Å². The van der Waals surface area contributed by atoms with Gasteiger partial charge in [-0.15, -0.1) is 0 Å². The Balaban J connectivity index is 1.89. The van der Waals surface area contributed by atoms with Crippen LogP contribution in [0.1, 0.15) is 25.3 Å². The molecule has 0 saturated heterocycles. The smallest absolute Gasteiger partial charge is 0.0761 e. The lowest BCUT2D eigenvalue weighted by Crippen LogP contribution is -2.25. The number of rotatable bonds is 5. The van der Waals surface area contributed by atoms with Crippen LogP contribution in [0, 0.1) is 5.92 Å². The molecule has 0 unspecified atom stereocenters.